The molecule has 0 saturated carbocycles. The van der Waals surface area contributed by atoms with Crippen molar-refractivity contribution in [2.45, 2.75) is 60.3 Å². The lowest BCUT2D eigenvalue weighted by Gasteiger charge is -2.46. The molecule has 2 nitrogen and oxygen atoms in total. The van der Waals surface area contributed by atoms with E-state index in [1.54, 1.807) is 0 Å². The van der Waals surface area contributed by atoms with Gasteiger partial charge >= 0.3 is 0 Å². The molecule has 19 heavy (non-hydrogen) atoms. The average Bonchev–Trinajstić information content (AvgIpc) is 2.14. The van der Waals surface area contributed by atoms with Gasteiger partial charge in [0.05, 0.1) is 0 Å². The van der Waals surface area contributed by atoms with Crippen LogP contribution in [0.3, 0.4) is 0 Å². The van der Waals surface area contributed by atoms with E-state index in [1.807, 2.05) is 6.07 Å². The Bertz CT molecular complexity index is 560. The fourth-order valence-electron chi connectivity index (χ4n) is 2.98. The minimum Gasteiger partial charge on any atom is -0.286 e. The van der Waals surface area contributed by atoms with Crippen LogP contribution >= 0.6 is 0 Å². The van der Waals surface area contributed by atoms with E-state index in [-0.39, 0.29) is 16.2 Å². The number of para-hydroxylation sites is 1. The zero-order valence-electron chi connectivity index (χ0n) is 13.3. The summed E-state index contributed by atoms with van der Waals surface area (Å²) in [5, 5.41) is 0. The zero-order valence-corrected chi connectivity index (χ0v) is 13.3. The van der Waals surface area contributed by atoms with Crippen LogP contribution in [0, 0.1) is 10.8 Å². The quantitative estimate of drug-likeness (QED) is 0.642. The van der Waals surface area contributed by atoms with Crippen LogP contribution in [0.5, 0.6) is 0 Å². The van der Waals surface area contributed by atoms with E-state index in [0.717, 1.165) is 17.6 Å². The van der Waals surface area contributed by atoms with Crippen LogP contribution < -0.4 is 0 Å². The lowest BCUT2D eigenvalue weighted by atomic mass is 9.58. The lowest BCUT2D eigenvalue weighted by molar-refractivity contribution is 0.0528. The fourth-order valence-corrected chi connectivity index (χ4v) is 2.98. The largest absolute Gasteiger partial charge is 0.286 e. The molecule has 0 bridgehead atoms. The first-order valence-electron chi connectivity index (χ1n) is 7.03. The highest BCUT2D eigenvalue weighted by Gasteiger charge is 2.43. The minimum absolute atomic E-state index is 0.0420. The molecule has 0 amide bonds. The highest BCUT2D eigenvalue weighted by atomic mass is 17.0. The van der Waals surface area contributed by atoms with Gasteiger partial charge in [-0.1, -0.05) is 60.6 Å². The molecule has 0 saturated heterocycles. The van der Waals surface area contributed by atoms with Gasteiger partial charge in [-0.15, -0.1) is 0 Å². The van der Waals surface area contributed by atoms with Gasteiger partial charge in [-0.25, -0.2) is 0 Å². The third-order valence-electron chi connectivity index (χ3n) is 4.33. The van der Waals surface area contributed by atoms with Crippen molar-refractivity contribution in [2.75, 3.05) is 0 Å². The summed E-state index contributed by atoms with van der Waals surface area (Å²) < 4.78 is 10.3. The van der Waals surface area contributed by atoms with E-state index < -0.39 is 0 Å². The zero-order chi connectivity index (χ0) is 14.5. The molecule has 1 aromatic heterocycles. The third-order valence-corrected chi connectivity index (χ3v) is 4.33. The van der Waals surface area contributed by atoms with Crippen molar-refractivity contribution in [3.63, 3.8) is 0 Å². The van der Waals surface area contributed by atoms with Gasteiger partial charge in [-0.2, -0.15) is 0 Å². The molecule has 1 unspecified atom stereocenters. The first kappa shape index (κ1) is 14.2. The summed E-state index contributed by atoms with van der Waals surface area (Å²) in [6.07, 6.45) is 1.10. The topological polar surface area (TPSA) is 26.3 Å². The van der Waals surface area contributed by atoms with Gasteiger partial charge < -0.3 is 0 Å². The Kier molecular flexibility index (Phi) is 3.11. The Balaban J connectivity index is 2.58. The monoisotopic (exact) mass is 262 g/mol. The van der Waals surface area contributed by atoms with Crippen LogP contribution in [0.4, 0.5) is 0 Å². The average molecular weight is 262 g/mol. The molecule has 0 aliphatic heterocycles. The van der Waals surface area contributed by atoms with Crippen molar-refractivity contribution < 1.29 is 9.15 Å². The molecule has 0 aliphatic rings. The number of rotatable bonds is 2. The number of benzene rings is 1. The summed E-state index contributed by atoms with van der Waals surface area (Å²) in [5.74, 6) is 0. The highest BCUT2D eigenvalue weighted by molar-refractivity contribution is 5.76. The van der Waals surface area contributed by atoms with Gasteiger partial charge in [-0.05, 0) is 23.3 Å². The third kappa shape index (κ3) is 2.45. The van der Waals surface area contributed by atoms with E-state index in [4.69, 9.17) is 9.15 Å². The van der Waals surface area contributed by atoms with Gasteiger partial charge in [-0.3, -0.25) is 9.15 Å². The van der Waals surface area contributed by atoms with Crippen molar-refractivity contribution in [3.05, 3.63) is 23.8 Å². The van der Waals surface area contributed by atoms with Crippen LogP contribution in [0.15, 0.2) is 27.4 Å². The van der Waals surface area contributed by atoms with Crippen LogP contribution in [-0.4, -0.2) is 0 Å². The molecule has 0 aliphatic carbocycles. The molecule has 0 spiro atoms. The van der Waals surface area contributed by atoms with E-state index in [0.29, 0.717) is 0 Å². The Morgan fingerprint density at radius 2 is 1.53 bits per heavy atom. The van der Waals surface area contributed by atoms with Gasteiger partial charge in [0.1, 0.15) is 0 Å². The summed E-state index contributed by atoms with van der Waals surface area (Å²) in [6.45, 7) is 16.1. The molecule has 0 N–H and O–H groups in total. The SMILES string of the molecule is CC(C)(C)CC(C)(c1cccc2ooc12)C(C)(C)C. The predicted molar refractivity (Wildman–Crippen MR) is 79.4 cm³/mol. The van der Waals surface area contributed by atoms with E-state index in [9.17, 15) is 0 Å². The standard InChI is InChI=1S/C17H26O2/c1-15(2,3)11-17(7,16(4,5)6)12-9-8-10-13-14(12)19-18-13/h8-10H,11H2,1-7H3. The molecule has 2 rings (SSSR count). The minimum atomic E-state index is 0.0420. The summed E-state index contributed by atoms with van der Waals surface area (Å²) in [4.78, 5) is 0. The maximum Gasteiger partial charge on any atom is 0.229 e. The van der Waals surface area contributed by atoms with Gasteiger partial charge in [0.15, 0.2) is 0 Å². The second-order valence-corrected chi connectivity index (χ2v) is 8.12. The Morgan fingerprint density at radius 3 is 1.95 bits per heavy atom. The predicted octanol–water partition coefficient (Wildman–Crippen LogP) is 5.77. The van der Waals surface area contributed by atoms with Crippen LogP contribution in [0.1, 0.15) is 60.5 Å². The van der Waals surface area contributed by atoms with Crippen molar-refractivity contribution in [1.29, 1.82) is 0 Å². The van der Waals surface area contributed by atoms with Crippen molar-refractivity contribution in [3.8, 4) is 0 Å². The Labute approximate surface area is 116 Å². The first-order chi connectivity index (χ1) is 8.55. The van der Waals surface area contributed by atoms with Gasteiger partial charge in [0.2, 0.25) is 11.2 Å². The van der Waals surface area contributed by atoms with Gasteiger partial charge in [0, 0.05) is 11.0 Å². The van der Waals surface area contributed by atoms with Crippen LogP contribution in [0.25, 0.3) is 11.2 Å². The molecule has 2 aromatic rings. The summed E-state index contributed by atoms with van der Waals surface area (Å²) in [7, 11) is 0. The Morgan fingerprint density at radius 1 is 0.895 bits per heavy atom. The molecule has 0 radical (unpaired) electrons. The molecule has 1 atom stereocenters. The van der Waals surface area contributed by atoms with Gasteiger partial charge in [0.25, 0.3) is 0 Å². The first-order valence-corrected chi connectivity index (χ1v) is 7.03. The molecule has 106 valence electrons. The van der Waals surface area contributed by atoms with E-state index >= 15 is 0 Å². The summed E-state index contributed by atoms with van der Waals surface area (Å²) >= 11 is 0. The molecule has 1 heterocycles. The summed E-state index contributed by atoms with van der Waals surface area (Å²) in [5.41, 5.74) is 3.49. The number of hydrogen-bond acceptors (Lipinski definition) is 2. The number of hydrogen-bond donors (Lipinski definition) is 0. The van der Waals surface area contributed by atoms with Crippen molar-refractivity contribution >= 4 is 11.2 Å². The molecular formula is C17H26O2. The lowest BCUT2D eigenvalue weighted by Crippen LogP contribution is -2.40. The normalized spacial score (nSPS) is 16.8. The Hall–Kier alpha value is -1.18. The summed E-state index contributed by atoms with van der Waals surface area (Å²) in [6, 6.07) is 6.20. The highest BCUT2D eigenvalue weighted by Crippen LogP contribution is 2.50. The molecule has 1 aromatic carbocycles. The van der Waals surface area contributed by atoms with E-state index in [1.165, 1.54) is 5.56 Å². The van der Waals surface area contributed by atoms with Crippen molar-refractivity contribution in [2.24, 2.45) is 10.8 Å². The maximum atomic E-state index is 5.26. The van der Waals surface area contributed by atoms with Crippen LogP contribution in [-0.2, 0) is 5.41 Å². The molecule has 2 heteroatoms. The second kappa shape index (κ2) is 4.16. The second-order valence-electron chi connectivity index (χ2n) is 8.12. The fraction of sp³-hybridized carbons (Fsp3) is 0.647. The van der Waals surface area contributed by atoms with E-state index in [2.05, 4.69) is 60.6 Å². The maximum absolute atomic E-state index is 5.26. The number of fused-ring (bicyclic) bond motifs is 1. The molecule has 0 fully saturated rings. The van der Waals surface area contributed by atoms with Crippen LogP contribution in [0.2, 0.25) is 0 Å². The van der Waals surface area contributed by atoms with Crippen molar-refractivity contribution in [1.82, 2.24) is 0 Å². The smallest absolute Gasteiger partial charge is 0.229 e. The molecular weight excluding hydrogens is 236 g/mol.